The van der Waals surface area contributed by atoms with Crippen molar-refractivity contribution >= 4 is 0 Å². The summed E-state index contributed by atoms with van der Waals surface area (Å²) in [4.78, 5) is 0. The van der Waals surface area contributed by atoms with E-state index in [1.165, 1.54) is 0 Å². The lowest BCUT2D eigenvalue weighted by Gasteiger charge is -2.15. The first kappa shape index (κ1) is 11.9. The maximum atomic E-state index is 9.25. The molecule has 3 unspecified atom stereocenters. The molecule has 0 aliphatic carbocycles. The molecule has 0 aliphatic rings. The van der Waals surface area contributed by atoms with E-state index in [-0.39, 0.29) is 12.2 Å². The first-order valence-corrected chi connectivity index (χ1v) is 4.94. The molecule has 2 nitrogen and oxygen atoms in total. The molecule has 0 heterocycles. The van der Waals surface area contributed by atoms with Crippen LogP contribution in [0.5, 0.6) is 0 Å². The van der Waals surface area contributed by atoms with Crippen LogP contribution in [-0.2, 0) is 0 Å². The van der Waals surface area contributed by atoms with E-state index in [4.69, 9.17) is 0 Å². The van der Waals surface area contributed by atoms with E-state index in [1.54, 1.807) is 0 Å². The van der Waals surface area contributed by atoms with Gasteiger partial charge in [0.25, 0.3) is 0 Å². The van der Waals surface area contributed by atoms with Gasteiger partial charge in [0, 0.05) is 0 Å². The third-order valence-electron chi connectivity index (χ3n) is 2.49. The highest BCUT2D eigenvalue weighted by atomic mass is 16.3. The average Bonchev–Trinajstić information content (AvgIpc) is 2.03. The minimum atomic E-state index is -0.219. The Kier molecular flexibility index (Phi) is 6.39. The van der Waals surface area contributed by atoms with E-state index in [1.807, 2.05) is 20.8 Å². The third-order valence-corrected chi connectivity index (χ3v) is 2.49. The first-order chi connectivity index (χ1) is 5.57. The number of aliphatic hydroxyl groups excluding tert-OH is 2. The van der Waals surface area contributed by atoms with Gasteiger partial charge in [-0.15, -0.1) is 0 Å². The number of hydrogen-bond donors (Lipinski definition) is 2. The van der Waals surface area contributed by atoms with Gasteiger partial charge in [0.1, 0.15) is 0 Å². The highest BCUT2D eigenvalue weighted by Gasteiger charge is 2.09. The van der Waals surface area contributed by atoms with Gasteiger partial charge < -0.3 is 10.2 Å². The highest BCUT2D eigenvalue weighted by molar-refractivity contribution is 4.61. The zero-order valence-corrected chi connectivity index (χ0v) is 8.45. The molecule has 0 aromatic heterocycles. The van der Waals surface area contributed by atoms with Gasteiger partial charge in [0.15, 0.2) is 0 Å². The molecule has 0 saturated heterocycles. The Morgan fingerprint density at radius 1 is 1.08 bits per heavy atom. The van der Waals surface area contributed by atoms with Gasteiger partial charge in [0.2, 0.25) is 0 Å². The molecule has 0 rings (SSSR count). The van der Waals surface area contributed by atoms with E-state index in [0.717, 1.165) is 25.7 Å². The quantitative estimate of drug-likeness (QED) is 0.646. The molecule has 0 fully saturated rings. The van der Waals surface area contributed by atoms with Gasteiger partial charge in [-0.3, -0.25) is 0 Å². The number of hydrogen-bond acceptors (Lipinski definition) is 2. The van der Waals surface area contributed by atoms with Crippen molar-refractivity contribution in [2.75, 3.05) is 0 Å². The molecular formula is C10H22O2. The van der Waals surface area contributed by atoms with E-state index in [9.17, 15) is 10.2 Å². The van der Waals surface area contributed by atoms with E-state index < -0.39 is 0 Å². The summed E-state index contributed by atoms with van der Waals surface area (Å²) < 4.78 is 0. The summed E-state index contributed by atoms with van der Waals surface area (Å²) in [6, 6.07) is 0. The largest absolute Gasteiger partial charge is 0.393 e. The first-order valence-electron chi connectivity index (χ1n) is 4.94. The summed E-state index contributed by atoms with van der Waals surface area (Å²) in [7, 11) is 0. The smallest absolute Gasteiger partial charge is 0.0537 e. The SMILES string of the molecule is CCC(O)CCCC(C)C(C)O. The Bertz CT molecular complexity index is 102. The maximum absolute atomic E-state index is 9.25. The Hall–Kier alpha value is -0.0800. The van der Waals surface area contributed by atoms with Crippen molar-refractivity contribution in [2.24, 2.45) is 5.92 Å². The van der Waals surface area contributed by atoms with Gasteiger partial charge in [-0.1, -0.05) is 20.3 Å². The second-order valence-electron chi connectivity index (χ2n) is 3.71. The predicted octanol–water partition coefficient (Wildman–Crippen LogP) is 1.94. The summed E-state index contributed by atoms with van der Waals surface area (Å²) in [5.74, 6) is 0.356. The lowest BCUT2D eigenvalue weighted by molar-refractivity contribution is 0.118. The molecule has 2 heteroatoms. The van der Waals surface area contributed by atoms with E-state index in [0.29, 0.717) is 5.92 Å². The molecule has 12 heavy (non-hydrogen) atoms. The highest BCUT2D eigenvalue weighted by Crippen LogP contribution is 2.13. The van der Waals surface area contributed by atoms with Crippen molar-refractivity contribution in [3.8, 4) is 0 Å². The third kappa shape index (κ3) is 5.56. The minimum Gasteiger partial charge on any atom is -0.393 e. The predicted molar refractivity (Wildman–Crippen MR) is 51.0 cm³/mol. The minimum absolute atomic E-state index is 0.147. The summed E-state index contributed by atoms with van der Waals surface area (Å²) in [5.41, 5.74) is 0. The molecule has 0 amide bonds. The monoisotopic (exact) mass is 174 g/mol. The summed E-state index contributed by atoms with van der Waals surface area (Å²) in [5, 5.41) is 18.4. The van der Waals surface area contributed by atoms with Crippen molar-refractivity contribution < 1.29 is 10.2 Å². The van der Waals surface area contributed by atoms with Crippen LogP contribution in [0.1, 0.15) is 46.5 Å². The van der Waals surface area contributed by atoms with Crippen molar-refractivity contribution in [1.29, 1.82) is 0 Å². The zero-order chi connectivity index (χ0) is 9.56. The van der Waals surface area contributed by atoms with Crippen molar-refractivity contribution in [2.45, 2.75) is 58.7 Å². The summed E-state index contributed by atoms with van der Waals surface area (Å²) >= 11 is 0. The van der Waals surface area contributed by atoms with Crippen LogP contribution in [-0.4, -0.2) is 22.4 Å². The zero-order valence-electron chi connectivity index (χ0n) is 8.45. The Morgan fingerprint density at radius 3 is 2.08 bits per heavy atom. The fraction of sp³-hybridized carbons (Fsp3) is 1.00. The van der Waals surface area contributed by atoms with Crippen LogP contribution in [0, 0.1) is 5.92 Å². The molecule has 0 aliphatic heterocycles. The topological polar surface area (TPSA) is 40.5 Å². The fourth-order valence-electron chi connectivity index (χ4n) is 1.12. The van der Waals surface area contributed by atoms with Crippen LogP contribution in [0.15, 0.2) is 0 Å². The number of aliphatic hydroxyl groups is 2. The van der Waals surface area contributed by atoms with Crippen molar-refractivity contribution in [1.82, 2.24) is 0 Å². The van der Waals surface area contributed by atoms with Gasteiger partial charge in [-0.25, -0.2) is 0 Å². The lowest BCUT2D eigenvalue weighted by Crippen LogP contribution is -2.13. The summed E-state index contributed by atoms with van der Waals surface area (Å²) in [6.07, 6.45) is 3.36. The van der Waals surface area contributed by atoms with Crippen LogP contribution in [0.25, 0.3) is 0 Å². The normalized spacial score (nSPS) is 18.8. The van der Waals surface area contributed by atoms with Gasteiger partial charge in [0.05, 0.1) is 12.2 Å². The lowest BCUT2D eigenvalue weighted by atomic mass is 9.97. The molecular weight excluding hydrogens is 152 g/mol. The van der Waals surface area contributed by atoms with Crippen molar-refractivity contribution in [3.63, 3.8) is 0 Å². The molecule has 0 bridgehead atoms. The van der Waals surface area contributed by atoms with Crippen LogP contribution in [0.3, 0.4) is 0 Å². The molecule has 0 aromatic carbocycles. The molecule has 0 aromatic rings. The summed E-state index contributed by atoms with van der Waals surface area (Å²) in [6.45, 7) is 5.85. The second kappa shape index (κ2) is 6.44. The molecule has 0 spiro atoms. The molecule has 2 N–H and O–H groups in total. The molecule has 0 radical (unpaired) electrons. The standard InChI is InChI=1S/C10H22O2/c1-4-10(12)7-5-6-8(2)9(3)11/h8-12H,4-7H2,1-3H3. The average molecular weight is 174 g/mol. The Labute approximate surface area is 75.6 Å². The molecule has 3 atom stereocenters. The maximum Gasteiger partial charge on any atom is 0.0537 e. The van der Waals surface area contributed by atoms with Crippen LogP contribution in [0.2, 0.25) is 0 Å². The van der Waals surface area contributed by atoms with Crippen LogP contribution in [0.4, 0.5) is 0 Å². The molecule has 74 valence electrons. The Balaban J connectivity index is 3.30. The Morgan fingerprint density at radius 2 is 1.67 bits per heavy atom. The van der Waals surface area contributed by atoms with E-state index in [2.05, 4.69) is 0 Å². The van der Waals surface area contributed by atoms with E-state index >= 15 is 0 Å². The van der Waals surface area contributed by atoms with Gasteiger partial charge in [-0.2, -0.15) is 0 Å². The molecule has 0 saturated carbocycles. The van der Waals surface area contributed by atoms with Crippen molar-refractivity contribution in [3.05, 3.63) is 0 Å². The fourth-order valence-corrected chi connectivity index (χ4v) is 1.12. The van der Waals surface area contributed by atoms with Gasteiger partial charge in [-0.05, 0) is 32.1 Å². The van der Waals surface area contributed by atoms with Crippen LogP contribution >= 0.6 is 0 Å². The van der Waals surface area contributed by atoms with Gasteiger partial charge >= 0.3 is 0 Å². The second-order valence-corrected chi connectivity index (χ2v) is 3.71. The number of rotatable bonds is 6. The van der Waals surface area contributed by atoms with Crippen LogP contribution < -0.4 is 0 Å².